The van der Waals surface area contributed by atoms with Gasteiger partial charge in [0.1, 0.15) is 11.5 Å². The molecule has 0 saturated carbocycles. The summed E-state index contributed by atoms with van der Waals surface area (Å²) in [6.45, 7) is 3.13. The lowest BCUT2D eigenvalue weighted by molar-refractivity contribution is -0.118. The SMILES string of the molecule is CC(=O)NCCNCc1ccc(O)cc1O. The van der Waals surface area contributed by atoms with Crippen LogP contribution >= 0.6 is 0 Å². The Morgan fingerprint density at radius 3 is 2.69 bits per heavy atom. The van der Waals surface area contributed by atoms with E-state index in [2.05, 4.69) is 10.6 Å². The van der Waals surface area contributed by atoms with Crippen molar-refractivity contribution in [2.45, 2.75) is 13.5 Å². The summed E-state index contributed by atoms with van der Waals surface area (Å²) in [7, 11) is 0. The number of aromatic hydroxyl groups is 2. The van der Waals surface area contributed by atoms with E-state index in [0.717, 1.165) is 0 Å². The van der Waals surface area contributed by atoms with Crippen LogP contribution < -0.4 is 10.6 Å². The Kier molecular flexibility index (Phi) is 4.60. The monoisotopic (exact) mass is 224 g/mol. The first-order chi connectivity index (χ1) is 7.59. The molecule has 4 N–H and O–H groups in total. The molecule has 0 radical (unpaired) electrons. The van der Waals surface area contributed by atoms with Gasteiger partial charge in [-0.3, -0.25) is 4.79 Å². The number of amides is 1. The Bertz CT molecular complexity index is 366. The van der Waals surface area contributed by atoms with Gasteiger partial charge in [-0.05, 0) is 6.07 Å². The second kappa shape index (κ2) is 5.97. The summed E-state index contributed by atoms with van der Waals surface area (Å²) in [6, 6.07) is 4.46. The third kappa shape index (κ3) is 4.18. The second-order valence-electron chi connectivity index (χ2n) is 3.47. The molecule has 0 heterocycles. The van der Waals surface area contributed by atoms with Crippen molar-refractivity contribution < 1.29 is 15.0 Å². The Balaban J connectivity index is 2.29. The van der Waals surface area contributed by atoms with Crippen LogP contribution in [0.2, 0.25) is 0 Å². The van der Waals surface area contributed by atoms with Crippen LogP contribution in [-0.4, -0.2) is 29.2 Å². The van der Waals surface area contributed by atoms with Gasteiger partial charge < -0.3 is 20.8 Å². The number of rotatable bonds is 5. The van der Waals surface area contributed by atoms with Crippen LogP contribution in [0, 0.1) is 0 Å². The fourth-order valence-electron chi connectivity index (χ4n) is 1.25. The molecular weight excluding hydrogens is 208 g/mol. The molecule has 1 amide bonds. The maximum absolute atomic E-state index is 10.6. The lowest BCUT2D eigenvalue weighted by Gasteiger charge is -2.07. The van der Waals surface area contributed by atoms with E-state index in [0.29, 0.717) is 25.2 Å². The number of phenols is 2. The van der Waals surface area contributed by atoms with Gasteiger partial charge in [0.25, 0.3) is 0 Å². The molecule has 0 aliphatic heterocycles. The zero-order valence-corrected chi connectivity index (χ0v) is 9.16. The molecule has 0 aliphatic rings. The molecule has 1 aromatic rings. The molecule has 16 heavy (non-hydrogen) atoms. The normalized spacial score (nSPS) is 10.1. The van der Waals surface area contributed by atoms with E-state index in [1.165, 1.54) is 19.1 Å². The number of carbonyl (C=O) groups is 1. The first-order valence-corrected chi connectivity index (χ1v) is 5.05. The standard InChI is InChI=1S/C11H16N2O3/c1-8(14)13-5-4-12-7-9-2-3-10(15)6-11(9)16/h2-3,6,12,15-16H,4-5,7H2,1H3,(H,13,14). The van der Waals surface area contributed by atoms with E-state index in [1.807, 2.05) is 0 Å². The van der Waals surface area contributed by atoms with E-state index < -0.39 is 0 Å². The number of hydrogen-bond acceptors (Lipinski definition) is 4. The predicted octanol–water partition coefficient (Wildman–Crippen LogP) is 0.323. The molecule has 5 nitrogen and oxygen atoms in total. The third-order valence-electron chi connectivity index (χ3n) is 2.06. The van der Waals surface area contributed by atoms with Gasteiger partial charge in [0.05, 0.1) is 0 Å². The topological polar surface area (TPSA) is 81.6 Å². The molecule has 0 aliphatic carbocycles. The molecule has 0 fully saturated rings. The maximum atomic E-state index is 10.6. The van der Waals surface area contributed by atoms with Crippen LogP contribution in [0.4, 0.5) is 0 Å². The predicted molar refractivity (Wildman–Crippen MR) is 60.2 cm³/mol. The van der Waals surface area contributed by atoms with Crippen molar-refractivity contribution in [2.24, 2.45) is 0 Å². The highest BCUT2D eigenvalue weighted by atomic mass is 16.3. The van der Waals surface area contributed by atoms with Crippen molar-refractivity contribution in [3.63, 3.8) is 0 Å². The van der Waals surface area contributed by atoms with E-state index in [-0.39, 0.29) is 17.4 Å². The lowest BCUT2D eigenvalue weighted by atomic mass is 10.2. The fraction of sp³-hybridized carbons (Fsp3) is 0.364. The molecule has 1 aromatic carbocycles. The highest BCUT2D eigenvalue weighted by molar-refractivity contribution is 5.72. The number of benzene rings is 1. The number of carbonyl (C=O) groups excluding carboxylic acids is 1. The third-order valence-corrected chi connectivity index (χ3v) is 2.06. The molecule has 0 unspecified atom stereocenters. The molecular formula is C11H16N2O3. The van der Waals surface area contributed by atoms with E-state index in [9.17, 15) is 9.90 Å². The Labute approximate surface area is 94.1 Å². The van der Waals surface area contributed by atoms with E-state index in [4.69, 9.17) is 5.11 Å². The first-order valence-electron chi connectivity index (χ1n) is 5.05. The minimum absolute atomic E-state index is 0.0412. The van der Waals surface area contributed by atoms with Gasteiger partial charge >= 0.3 is 0 Å². The van der Waals surface area contributed by atoms with Gasteiger partial charge in [-0.2, -0.15) is 0 Å². The number of hydrogen-bond donors (Lipinski definition) is 4. The quantitative estimate of drug-likeness (QED) is 0.543. The summed E-state index contributed by atoms with van der Waals surface area (Å²) in [6.07, 6.45) is 0. The molecule has 0 atom stereocenters. The summed E-state index contributed by atoms with van der Waals surface area (Å²) in [4.78, 5) is 10.6. The molecule has 88 valence electrons. The summed E-state index contributed by atoms with van der Waals surface area (Å²) in [5.74, 6) is 0.0424. The van der Waals surface area contributed by atoms with Crippen molar-refractivity contribution in [2.75, 3.05) is 13.1 Å². The summed E-state index contributed by atoms with van der Waals surface area (Å²) in [5, 5.41) is 24.3. The van der Waals surface area contributed by atoms with E-state index >= 15 is 0 Å². The van der Waals surface area contributed by atoms with E-state index in [1.54, 1.807) is 6.07 Å². The van der Waals surface area contributed by atoms with Crippen molar-refractivity contribution >= 4 is 5.91 Å². The van der Waals surface area contributed by atoms with Crippen molar-refractivity contribution in [3.8, 4) is 11.5 Å². The molecule has 0 spiro atoms. The number of nitrogens with one attached hydrogen (secondary N) is 2. The van der Waals surface area contributed by atoms with Crippen molar-refractivity contribution in [3.05, 3.63) is 23.8 Å². The van der Waals surface area contributed by atoms with Crippen LogP contribution in [-0.2, 0) is 11.3 Å². The van der Waals surface area contributed by atoms with Gasteiger partial charge in [-0.15, -0.1) is 0 Å². The second-order valence-corrected chi connectivity index (χ2v) is 3.47. The summed E-state index contributed by atoms with van der Waals surface area (Å²) >= 11 is 0. The zero-order valence-electron chi connectivity index (χ0n) is 9.16. The molecule has 1 rings (SSSR count). The minimum Gasteiger partial charge on any atom is -0.508 e. The fourth-order valence-corrected chi connectivity index (χ4v) is 1.25. The summed E-state index contributed by atoms with van der Waals surface area (Å²) < 4.78 is 0. The summed E-state index contributed by atoms with van der Waals surface area (Å²) in [5.41, 5.74) is 0.709. The van der Waals surface area contributed by atoms with Gasteiger partial charge in [-0.25, -0.2) is 0 Å². The van der Waals surface area contributed by atoms with Gasteiger partial charge in [0.2, 0.25) is 5.91 Å². The highest BCUT2D eigenvalue weighted by Gasteiger charge is 2.01. The average Bonchev–Trinajstić information content (AvgIpc) is 2.20. The van der Waals surface area contributed by atoms with Crippen LogP contribution in [0.25, 0.3) is 0 Å². The Hall–Kier alpha value is -1.75. The van der Waals surface area contributed by atoms with Crippen molar-refractivity contribution in [1.82, 2.24) is 10.6 Å². The molecule has 0 aromatic heterocycles. The van der Waals surface area contributed by atoms with Crippen LogP contribution in [0.1, 0.15) is 12.5 Å². The number of phenolic OH excluding ortho intramolecular Hbond substituents is 2. The molecule has 0 saturated heterocycles. The highest BCUT2D eigenvalue weighted by Crippen LogP contribution is 2.21. The van der Waals surface area contributed by atoms with Gasteiger partial charge in [0, 0.05) is 38.2 Å². The van der Waals surface area contributed by atoms with Crippen LogP contribution in [0.5, 0.6) is 11.5 Å². The van der Waals surface area contributed by atoms with Gasteiger partial charge in [0.15, 0.2) is 0 Å². The smallest absolute Gasteiger partial charge is 0.216 e. The lowest BCUT2D eigenvalue weighted by Crippen LogP contribution is -2.29. The zero-order chi connectivity index (χ0) is 12.0. The molecule has 5 heteroatoms. The molecule has 0 bridgehead atoms. The Morgan fingerprint density at radius 1 is 1.31 bits per heavy atom. The first kappa shape index (κ1) is 12.3. The average molecular weight is 224 g/mol. The van der Waals surface area contributed by atoms with Crippen LogP contribution in [0.3, 0.4) is 0 Å². The minimum atomic E-state index is -0.0609. The van der Waals surface area contributed by atoms with Crippen molar-refractivity contribution in [1.29, 1.82) is 0 Å². The Morgan fingerprint density at radius 2 is 2.06 bits per heavy atom. The van der Waals surface area contributed by atoms with Gasteiger partial charge in [-0.1, -0.05) is 6.07 Å². The van der Waals surface area contributed by atoms with Crippen LogP contribution in [0.15, 0.2) is 18.2 Å². The largest absolute Gasteiger partial charge is 0.508 e. The maximum Gasteiger partial charge on any atom is 0.216 e.